The molecule has 2 aromatic heterocycles. The fourth-order valence-electron chi connectivity index (χ4n) is 4.86. The predicted octanol–water partition coefficient (Wildman–Crippen LogP) is 0.992. The number of benzene rings is 1. The first-order valence-corrected chi connectivity index (χ1v) is 16.7. The van der Waals surface area contributed by atoms with Crippen molar-refractivity contribution >= 4 is 69.5 Å². The van der Waals surface area contributed by atoms with E-state index >= 15 is 0 Å². The second kappa shape index (κ2) is 13.4. The molecule has 0 spiro atoms. The van der Waals surface area contributed by atoms with Gasteiger partial charge in [-0.3, -0.25) is 14.5 Å². The number of hydrogen-bond acceptors (Lipinski definition) is 14. The Hall–Kier alpha value is -5.01. The zero-order valence-electron chi connectivity index (χ0n) is 24.3. The number of amides is 2. The van der Waals surface area contributed by atoms with Gasteiger partial charge in [-0.15, -0.1) is 34.9 Å². The molecule has 244 valence electrons. The average molecular weight is 701 g/mol. The van der Waals surface area contributed by atoms with Crippen molar-refractivity contribution in [3.05, 3.63) is 70.6 Å². The van der Waals surface area contributed by atoms with Crippen molar-refractivity contribution < 1.29 is 48.4 Å². The first-order chi connectivity index (χ1) is 22.6. The van der Waals surface area contributed by atoms with E-state index in [9.17, 15) is 29.4 Å². The fraction of sp³-hybridized carbons (Fsp3) is 0.250. The Morgan fingerprint density at radius 2 is 2.00 bits per heavy atom. The van der Waals surface area contributed by atoms with Crippen LogP contribution in [0, 0.1) is 0 Å². The molecular weight excluding hydrogens is 675 g/mol. The van der Waals surface area contributed by atoms with Crippen LogP contribution in [-0.4, -0.2) is 86.3 Å². The van der Waals surface area contributed by atoms with E-state index in [2.05, 4.69) is 20.9 Å². The van der Waals surface area contributed by atoms with Crippen LogP contribution in [0.2, 0.25) is 0 Å². The molecule has 3 aliphatic rings. The second-order valence-corrected chi connectivity index (χ2v) is 13.1. The maximum atomic E-state index is 13.5. The molecule has 0 aliphatic carbocycles. The average Bonchev–Trinajstić information content (AvgIpc) is 3.72. The lowest BCUT2D eigenvalue weighted by atomic mass is 10.0. The quantitative estimate of drug-likeness (QED) is 0.0585. The van der Waals surface area contributed by atoms with Gasteiger partial charge in [0.05, 0.1) is 7.05 Å². The number of aromatic nitrogens is 2. The molecule has 5 heterocycles. The number of thiazole rings is 1. The van der Waals surface area contributed by atoms with E-state index in [-0.39, 0.29) is 28.9 Å². The standard InChI is InChI=1S/C28H25N7O9S3/c1-30-34-6-4-15(5-7-34)45-9-14-10-46-25-20(24(37)35(25)21(14)26(38)39)32-23(36)19(16-11-47-28(29)31-16)33-44-22(27(40)41)13-2-3-17-18(8-13)43-12-42-17/h2-8,11,20,22,25,30H,9-10,12H2,1H3,(H4-,29,31,32,36,38,39,40,41)/p+1/b33-19-/t20-,22?,25-/m1/s1. The van der Waals surface area contributed by atoms with Gasteiger partial charge in [-0.25, -0.2) is 14.6 Å². The van der Waals surface area contributed by atoms with Crippen LogP contribution < -0.4 is 30.6 Å². The number of aliphatic carboxylic acids is 2. The molecule has 1 saturated heterocycles. The third-order valence-corrected chi connectivity index (χ3v) is 10.3. The summed E-state index contributed by atoms with van der Waals surface area (Å²) < 4.78 is 12.3. The number of oxime groups is 1. The molecule has 6 rings (SSSR count). The molecule has 3 atom stereocenters. The zero-order chi connectivity index (χ0) is 33.2. The minimum Gasteiger partial charge on any atom is -0.478 e. The summed E-state index contributed by atoms with van der Waals surface area (Å²) in [6, 6.07) is 7.09. The summed E-state index contributed by atoms with van der Waals surface area (Å²) in [5.74, 6) is -2.74. The fourth-order valence-corrected chi connectivity index (χ4v) is 7.78. The SMILES string of the molecule is CN[n+]1ccc(SCC2=C(C(=O)O)N3C(=O)[C@@H](NC(=O)/C(=N\OC(C(=O)O)c4ccc5c(c4)OCO5)c4csc(N)n4)[C@H]3SC2)cc1. The highest BCUT2D eigenvalue weighted by molar-refractivity contribution is 8.01. The number of nitrogens with one attached hydrogen (secondary N) is 2. The maximum Gasteiger partial charge on any atom is 0.352 e. The van der Waals surface area contributed by atoms with Crippen molar-refractivity contribution in [2.45, 2.75) is 22.4 Å². The Balaban J connectivity index is 1.19. The number of nitrogen functional groups attached to an aromatic ring is 1. The van der Waals surface area contributed by atoms with Crippen molar-refractivity contribution in [2.24, 2.45) is 5.16 Å². The highest BCUT2D eigenvalue weighted by atomic mass is 32.2. The van der Waals surface area contributed by atoms with Crippen LogP contribution in [0.25, 0.3) is 0 Å². The molecule has 3 aromatic rings. The molecule has 0 bridgehead atoms. The third-order valence-electron chi connectivity index (χ3n) is 7.16. The van der Waals surface area contributed by atoms with Gasteiger partial charge in [0.15, 0.2) is 22.3 Å². The van der Waals surface area contributed by atoms with Gasteiger partial charge in [-0.2, -0.15) is 5.43 Å². The van der Waals surface area contributed by atoms with Crippen LogP contribution in [0.1, 0.15) is 17.4 Å². The van der Waals surface area contributed by atoms with E-state index < -0.39 is 47.0 Å². The number of nitrogens with two attached hydrogens (primary N) is 1. The second-order valence-electron chi connectivity index (χ2n) is 10.0. The molecule has 1 unspecified atom stereocenters. The zero-order valence-corrected chi connectivity index (χ0v) is 26.8. The molecule has 16 nitrogen and oxygen atoms in total. The van der Waals surface area contributed by atoms with Crippen molar-refractivity contribution in [3.8, 4) is 11.5 Å². The van der Waals surface area contributed by atoms with Gasteiger partial charge in [0.1, 0.15) is 22.8 Å². The molecule has 3 aliphatic heterocycles. The normalized spacial score (nSPS) is 19.0. The van der Waals surface area contributed by atoms with E-state index in [1.54, 1.807) is 11.7 Å². The van der Waals surface area contributed by atoms with Gasteiger partial charge in [-0.1, -0.05) is 15.9 Å². The highest BCUT2D eigenvalue weighted by Gasteiger charge is 2.54. The van der Waals surface area contributed by atoms with Gasteiger partial charge in [0, 0.05) is 39.5 Å². The monoisotopic (exact) mass is 700 g/mol. The summed E-state index contributed by atoms with van der Waals surface area (Å²) in [6.07, 6.45) is 2.01. The van der Waals surface area contributed by atoms with Crippen molar-refractivity contribution in [1.29, 1.82) is 0 Å². The van der Waals surface area contributed by atoms with Crippen molar-refractivity contribution in [1.82, 2.24) is 15.2 Å². The van der Waals surface area contributed by atoms with Crippen molar-refractivity contribution in [2.75, 3.05) is 36.5 Å². The molecule has 47 heavy (non-hydrogen) atoms. The van der Waals surface area contributed by atoms with Gasteiger partial charge < -0.3 is 35.6 Å². The molecule has 2 amide bonds. The predicted molar refractivity (Wildman–Crippen MR) is 169 cm³/mol. The molecule has 6 N–H and O–H groups in total. The van der Waals surface area contributed by atoms with Crippen LogP contribution in [0.4, 0.5) is 5.13 Å². The van der Waals surface area contributed by atoms with Gasteiger partial charge >= 0.3 is 11.9 Å². The number of nitrogens with zero attached hydrogens (tertiary/aromatic N) is 4. The van der Waals surface area contributed by atoms with Crippen LogP contribution in [-0.2, 0) is 24.0 Å². The topological polar surface area (TPSA) is 219 Å². The molecule has 1 fully saturated rings. The number of anilines is 1. The lowest BCUT2D eigenvalue weighted by molar-refractivity contribution is -0.647. The Morgan fingerprint density at radius 1 is 1.23 bits per heavy atom. The maximum absolute atomic E-state index is 13.5. The van der Waals surface area contributed by atoms with Gasteiger partial charge in [0.2, 0.25) is 25.3 Å². The third kappa shape index (κ3) is 6.49. The van der Waals surface area contributed by atoms with E-state index in [0.29, 0.717) is 28.6 Å². The number of ether oxygens (including phenoxy) is 2. The van der Waals surface area contributed by atoms with Gasteiger partial charge in [-0.05, 0) is 17.7 Å². The minimum absolute atomic E-state index is 0.00802. The lowest BCUT2D eigenvalue weighted by Gasteiger charge is -2.49. The molecular formula is C28H26N7O9S3+. The summed E-state index contributed by atoms with van der Waals surface area (Å²) in [7, 11) is 1.78. The largest absolute Gasteiger partial charge is 0.478 e. The van der Waals surface area contributed by atoms with Crippen LogP contribution >= 0.6 is 34.9 Å². The number of carbonyl (C=O) groups excluding carboxylic acids is 2. The Morgan fingerprint density at radius 3 is 2.68 bits per heavy atom. The first-order valence-electron chi connectivity index (χ1n) is 13.7. The van der Waals surface area contributed by atoms with Crippen LogP contribution in [0.3, 0.4) is 0 Å². The smallest absolute Gasteiger partial charge is 0.352 e. The number of rotatable bonds is 12. The number of hydrogen-bond donors (Lipinski definition) is 5. The van der Waals surface area contributed by atoms with E-state index in [1.165, 1.54) is 52.0 Å². The summed E-state index contributed by atoms with van der Waals surface area (Å²) in [5.41, 5.74) is 8.92. The van der Waals surface area contributed by atoms with Crippen LogP contribution in [0.5, 0.6) is 11.5 Å². The van der Waals surface area contributed by atoms with Crippen molar-refractivity contribution in [3.63, 3.8) is 0 Å². The van der Waals surface area contributed by atoms with E-state index in [1.807, 2.05) is 24.5 Å². The molecule has 1 aromatic carbocycles. The number of carboxylic acid groups (broad SMARTS) is 2. The first kappa shape index (κ1) is 32.0. The number of β-lactam (4-membered cyclic amide) rings is 1. The van der Waals surface area contributed by atoms with Gasteiger partial charge in [0.25, 0.3) is 11.8 Å². The highest BCUT2D eigenvalue weighted by Crippen LogP contribution is 2.42. The summed E-state index contributed by atoms with van der Waals surface area (Å²) in [5, 5.41) is 27.2. The number of thioether (sulfide) groups is 2. The van der Waals surface area contributed by atoms with Crippen LogP contribution in [0.15, 0.2) is 69.4 Å². The molecule has 0 radical (unpaired) electrons. The Bertz CT molecular complexity index is 1810. The summed E-state index contributed by atoms with van der Waals surface area (Å²) >= 11 is 3.77. The lowest BCUT2D eigenvalue weighted by Crippen LogP contribution is -2.71. The number of carbonyl (C=O) groups is 4. The molecule has 19 heteroatoms. The number of pyridine rings is 1. The number of fused-ring (bicyclic) bond motifs is 2. The summed E-state index contributed by atoms with van der Waals surface area (Å²) in [4.78, 5) is 62.8. The minimum atomic E-state index is -1.64. The van der Waals surface area contributed by atoms with E-state index in [4.69, 9.17) is 20.0 Å². The Labute approximate surface area is 278 Å². The number of carboxylic acids is 2. The molecule has 0 saturated carbocycles. The van der Waals surface area contributed by atoms with E-state index in [0.717, 1.165) is 16.2 Å². The summed E-state index contributed by atoms with van der Waals surface area (Å²) in [6.45, 7) is -0.0172. The Kier molecular flexibility index (Phi) is 9.10.